The van der Waals surface area contributed by atoms with Crippen LogP contribution in [0.25, 0.3) is 11.5 Å². The van der Waals surface area contributed by atoms with Gasteiger partial charge in [-0.05, 0) is 43.4 Å². The number of carbonyl (C=O) groups excluding carboxylic acids is 1. The Morgan fingerprint density at radius 2 is 2.03 bits per heavy atom. The van der Waals surface area contributed by atoms with Crippen LogP contribution in [-0.4, -0.2) is 34.1 Å². The molecule has 1 aromatic carbocycles. The van der Waals surface area contributed by atoms with Gasteiger partial charge in [-0.1, -0.05) is 35.5 Å². The Kier molecular flexibility index (Phi) is 5.84. The Bertz CT molecular complexity index is 939. The van der Waals surface area contributed by atoms with E-state index in [1.54, 1.807) is 6.20 Å². The predicted octanol–water partition coefficient (Wildman–Crippen LogP) is 3.01. The molecule has 29 heavy (non-hydrogen) atoms. The van der Waals surface area contributed by atoms with Crippen molar-refractivity contribution >= 4 is 11.7 Å². The van der Waals surface area contributed by atoms with Crippen molar-refractivity contribution in [1.82, 2.24) is 15.1 Å². The summed E-state index contributed by atoms with van der Waals surface area (Å²) in [6.07, 6.45) is 6.25. The van der Waals surface area contributed by atoms with Gasteiger partial charge in [-0.3, -0.25) is 4.79 Å². The maximum absolute atomic E-state index is 11.5. The van der Waals surface area contributed by atoms with Crippen molar-refractivity contribution in [2.75, 3.05) is 18.0 Å². The zero-order chi connectivity index (χ0) is 20.1. The smallest absolute Gasteiger partial charge is 0.259 e. The van der Waals surface area contributed by atoms with Gasteiger partial charge in [-0.25, -0.2) is 4.98 Å². The SMILES string of the molecule is NC(=O)C1CCCN(c2ccc(-c3nc(CCCc4ccccc4)no3)cn2)C1. The molecule has 0 bridgehead atoms. The van der Waals surface area contributed by atoms with Crippen LogP contribution >= 0.6 is 0 Å². The average molecular weight is 391 g/mol. The molecule has 2 aromatic heterocycles. The fourth-order valence-corrected chi connectivity index (χ4v) is 3.69. The lowest BCUT2D eigenvalue weighted by molar-refractivity contribution is -0.122. The normalized spacial score (nSPS) is 16.7. The molecule has 3 heterocycles. The third kappa shape index (κ3) is 4.80. The second-order valence-electron chi connectivity index (χ2n) is 7.45. The van der Waals surface area contributed by atoms with Crippen LogP contribution in [0.4, 0.5) is 5.82 Å². The van der Waals surface area contributed by atoms with E-state index in [9.17, 15) is 4.79 Å². The molecule has 1 aliphatic rings. The first-order chi connectivity index (χ1) is 14.2. The van der Waals surface area contributed by atoms with Gasteiger partial charge in [0, 0.05) is 25.7 Å². The van der Waals surface area contributed by atoms with Gasteiger partial charge in [-0.2, -0.15) is 4.98 Å². The van der Waals surface area contributed by atoms with Crippen molar-refractivity contribution in [3.05, 3.63) is 60.0 Å². The number of aromatic nitrogens is 3. The average Bonchev–Trinajstić information content (AvgIpc) is 3.24. The Hall–Kier alpha value is -3.22. The van der Waals surface area contributed by atoms with Crippen LogP contribution in [-0.2, 0) is 17.6 Å². The van der Waals surface area contributed by atoms with Gasteiger partial charge in [0.05, 0.1) is 11.5 Å². The summed E-state index contributed by atoms with van der Waals surface area (Å²) in [5.74, 6) is 1.67. The zero-order valence-electron chi connectivity index (χ0n) is 16.3. The topological polar surface area (TPSA) is 98.1 Å². The van der Waals surface area contributed by atoms with Crippen molar-refractivity contribution in [2.45, 2.75) is 32.1 Å². The quantitative estimate of drug-likeness (QED) is 0.665. The van der Waals surface area contributed by atoms with Crippen molar-refractivity contribution in [2.24, 2.45) is 11.7 Å². The van der Waals surface area contributed by atoms with E-state index in [0.29, 0.717) is 18.3 Å². The fourth-order valence-electron chi connectivity index (χ4n) is 3.69. The van der Waals surface area contributed by atoms with Gasteiger partial charge in [0.1, 0.15) is 5.82 Å². The van der Waals surface area contributed by atoms with Crippen LogP contribution in [0.5, 0.6) is 0 Å². The van der Waals surface area contributed by atoms with Gasteiger partial charge >= 0.3 is 0 Å². The van der Waals surface area contributed by atoms with E-state index in [1.165, 1.54) is 5.56 Å². The first-order valence-electron chi connectivity index (χ1n) is 10.1. The lowest BCUT2D eigenvalue weighted by Crippen LogP contribution is -2.41. The molecule has 1 amide bonds. The number of primary amides is 1. The number of rotatable bonds is 7. The lowest BCUT2D eigenvalue weighted by atomic mass is 9.97. The first-order valence-corrected chi connectivity index (χ1v) is 10.1. The second kappa shape index (κ2) is 8.86. The van der Waals surface area contributed by atoms with Crippen LogP contribution in [0.15, 0.2) is 53.2 Å². The predicted molar refractivity (Wildman–Crippen MR) is 110 cm³/mol. The highest BCUT2D eigenvalue weighted by molar-refractivity contribution is 5.77. The molecule has 1 atom stereocenters. The summed E-state index contributed by atoms with van der Waals surface area (Å²) in [5.41, 5.74) is 7.57. The number of pyridine rings is 1. The number of aryl methyl sites for hydroxylation is 2. The zero-order valence-corrected chi connectivity index (χ0v) is 16.3. The van der Waals surface area contributed by atoms with E-state index >= 15 is 0 Å². The van der Waals surface area contributed by atoms with Gasteiger partial charge in [-0.15, -0.1) is 0 Å². The number of benzene rings is 1. The molecule has 0 saturated carbocycles. The van der Waals surface area contributed by atoms with Crippen molar-refractivity contribution in [3.8, 4) is 11.5 Å². The van der Waals surface area contributed by atoms with E-state index < -0.39 is 0 Å². The summed E-state index contributed by atoms with van der Waals surface area (Å²) in [7, 11) is 0. The minimum absolute atomic E-state index is 0.111. The molecule has 4 rings (SSSR count). The number of hydrogen-bond acceptors (Lipinski definition) is 6. The molecule has 1 saturated heterocycles. The molecule has 1 aliphatic heterocycles. The molecular weight excluding hydrogens is 366 g/mol. The monoisotopic (exact) mass is 391 g/mol. The molecule has 0 radical (unpaired) electrons. The standard InChI is InChI=1S/C22H25N5O2/c23-21(28)18-9-5-13-27(15-18)20-12-11-17(14-24-20)22-25-19(26-29-22)10-4-8-16-6-2-1-3-7-16/h1-3,6-7,11-12,14,18H,4-5,8-10,13,15H2,(H2,23,28). The van der Waals surface area contributed by atoms with E-state index in [0.717, 1.165) is 50.0 Å². The summed E-state index contributed by atoms with van der Waals surface area (Å²) < 4.78 is 5.41. The number of nitrogens with two attached hydrogens (primary N) is 1. The first kappa shape index (κ1) is 19.1. The molecule has 7 heteroatoms. The number of nitrogens with zero attached hydrogens (tertiary/aromatic N) is 4. The molecule has 0 spiro atoms. The highest BCUT2D eigenvalue weighted by atomic mass is 16.5. The second-order valence-corrected chi connectivity index (χ2v) is 7.45. The van der Waals surface area contributed by atoms with Crippen molar-refractivity contribution in [3.63, 3.8) is 0 Å². The molecule has 1 fully saturated rings. The third-order valence-corrected chi connectivity index (χ3v) is 5.32. The maximum atomic E-state index is 11.5. The van der Waals surface area contributed by atoms with Crippen LogP contribution in [0.2, 0.25) is 0 Å². The molecular formula is C22H25N5O2. The van der Waals surface area contributed by atoms with Crippen LogP contribution < -0.4 is 10.6 Å². The lowest BCUT2D eigenvalue weighted by Gasteiger charge is -2.32. The summed E-state index contributed by atoms with van der Waals surface area (Å²) in [6.45, 7) is 1.50. The van der Waals surface area contributed by atoms with Crippen LogP contribution in [0.1, 0.15) is 30.7 Å². The van der Waals surface area contributed by atoms with E-state index in [2.05, 4.69) is 44.3 Å². The van der Waals surface area contributed by atoms with Crippen molar-refractivity contribution < 1.29 is 9.32 Å². The molecule has 3 aromatic rings. The number of hydrogen-bond donors (Lipinski definition) is 1. The minimum Gasteiger partial charge on any atom is -0.369 e. The summed E-state index contributed by atoms with van der Waals surface area (Å²) >= 11 is 0. The number of anilines is 1. The van der Waals surface area contributed by atoms with Crippen LogP contribution in [0.3, 0.4) is 0 Å². The van der Waals surface area contributed by atoms with Gasteiger partial charge in [0.2, 0.25) is 5.91 Å². The number of piperidine rings is 1. The van der Waals surface area contributed by atoms with Gasteiger partial charge in [0.25, 0.3) is 5.89 Å². The van der Waals surface area contributed by atoms with Gasteiger partial charge in [0.15, 0.2) is 5.82 Å². The minimum atomic E-state index is -0.239. The molecule has 1 unspecified atom stereocenters. The Balaban J connectivity index is 1.35. The fraction of sp³-hybridized carbons (Fsp3) is 0.364. The Morgan fingerprint density at radius 3 is 2.79 bits per heavy atom. The molecule has 0 aliphatic carbocycles. The van der Waals surface area contributed by atoms with E-state index in [4.69, 9.17) is 10.3 Å². The van der Waals surface area contributed by atoms with E-state index in [1.807, 2.05) is 18.2 Å². The molecule has 150 valence electrons. The molecule has 2 N–H and O–H groups in total. The summed E-state index contributed by atoms with van der Waals surface area (Å²) in [4.78, 5) is 22.6. The van der Waals surface area contributed by atoms with Gasteiger partial charge < -0.3 is 15.2 Å². The molecule has 7 nitrogen and oxygen atoms in total. The Morgan fingerprint density at radius 1 is 1.17 bits per heavy atom. The van der Waals surface area contributed by atoms with E-state index in [-0.39, 0.29) is 11.8 Å². The number of carbonyl (C=O) groups is 1. The summed E-state index contributed by atoms with van der Waals surface area (Å²) in [6, 6.07) is 14.2. The largest absolute Gasteiger partial charge is 0.369 e. The highest BCUT2D eigenvalue weighted by Crippen LogP contribution is 2.24. The summed E-state index contributed by atoms with van der Waals surface area (Å²) in [5, 5.41) is 4.09. The third-order valence-electron chi connectivity index (χ3n) is 5.32. The maximum Gasteiger partial charge on any atom is 0.259 e. The number of amides is 1. The Labute approximate surface area is 169 Å². The van der Waals surface area contributed by atoms with Crippen LogP contribution in [0, 0.1) is 5.92 Å². The highest BCUT2D eigenvalue weighted by Gasteiger charge is 2.24. The van der Waals surface area contributed by atoms with Crippen molar-refractivity contribution in [1.29, 1.82) is 0 Å².